The van der Waals surface area contributed by atoms with E-state index in [1.54, 1.807) is 40.9 Å². The lowest BCUT2D eigenvalue weighted by Gasteiger charge is -2.20. The number of carbonyl (C=O) groups excluding carboxylic acids is 1. The summed E-state index contributed by atoms with van der Waals surface area (Å²) in [5.74, 6) is -0.757. The van der Waals surface area contributed by atoms with E-state index >= 15 is 0 Å². The molecule has 0 radical (unpaired) electrons. The molecule has 1 N–H and O–H groups in total. The maximum absolute atomic E-state index is 14.9. The highest BCUT2D eigenvalue weighted by Crippen LogP contribution is 2.42. The molecule has 2 aliphatic rings. The van der Waals surface area contributed by atoms with Gasteiger partial charge in [0.25, 0.3) is 5.56 Å². The van der Waals surface area contributed by atoms with Gasteiger partial charge in [0.05, 0.1) is 28.4 Å². The summed E-state index contributed by atoms with van der Waals surface area (Å²) in [7, 11) is 1.57. The first-order valence-corrected chi connectivity index (χ1v) is 12.5. The zero-order chi connectivity index (χ0) is 25.4. The van der Waals surface area contributed by atoms with Gasteiger partial charge in [-0.3, -0.25) is 14.2 Å². The molecule has 1 saturated carbocycles. The zero-order valence-electron chi connectivity index (χ0n) is 19.6. The number of likely N-dealkylation sites (tertiary alicyclic amines) is 1. The second kappa shape index (κ2) is 10.2. The third-order valence-corrected chi connectivity index (χ3v) is 7.44. The monoisotopic (exact) mass is 530 g/mol. The van der Waals surface area contributed by atoms with Crippen molar-refractivity contribution in [3.8, 4) is 0 Å². The summed E-state index contributed by atoms with van der Waals surface area (Å²) in [4.78, 5) is 31.4. The molecule has 1 aliphatic carbocycles. The number of amides is 1. The van der Waals surface area contributed by atoms with E-state index in [4.69, 9.17) is 27.9 Å². The van der Waals surface area contributed by atoms with Gasteiger partial charge < -0.3 is 15.0 Å². The van der Waals surface area contributed by atoms with Crippen LogP contribution in [0.4, 0.5) is 15.8 Å². The molecule has 2 aromatic carbocycles. The fourth-order valence-corrected chi connectivity index (χ4v) is 5.15. The van der Waals surface area contributed by atoms with E-state index in [9.17, 15) is 14.0 Å². The molecule has 5 rings (SSSR count). The SMILES string of the molecule is COC/C=C/C(=O)N1CCC(c2c(Nc3cc(F)c4ncn(C5CC5)c(=O)c4c3)ccc(Cl)c2Cl)C1. The Bertz CT molecular complexity index is 1420. The minimum atomic E-state index is -0.586. The number of fused-ring (bicyclic) bond motifs is 1. The van der Waals surface area contributed by atoms with Crippen LogP contribution in [0.15, 0.2) is 47.5 Å². The molecule has 188 valence electrons. The molecule has 2 fully saturated rings. The molecule has 1 unspecified atom stereocenters. The van der Waals surface area contributed by atoms with Gasteiger partial charge in [0, 0.05) is 55.2 Å². The van der Waals surface area contributed by atoms with Crippen LogP contribution in [0.1, 0.15) is 36.8 Å². The maximum atomic E-state index is 14.9. The molecule has 10 heteroatoms. The first-order chi connectivity index (χ1) is 17.4. The zero-order valence-corrected chi connectivity index (χ0v) is 21.2. The highest BCUT2D eigenvalue weighted by Gasteiger charge is 2.30. The molecule has 1 saturated heterocycles. The van der Waals surface area contributed by atoms with Crippen LogP contribution in [0.5, 0.6) is 0 Å². The Labute approximate surface area is 217 Å². The van der Waals surface area contributed by atoms with E-state index in [2.05, 4.69) is 10.3 Å². The van der Waals surface area contributed by atoms with Crippen molar-refractivity contribution >= 4 is 51.4 Å². The summed E-state index contributed by atoms with van der Waals surface area (Å²) in [6.45, 7) is 1.40. The lowest BCUT2D eigenvalue weighted by molar-refractivity contribution is -0.125. The Morgan fingerprint density at radius 2 is 2.08 bits per heavy atom. The van der Waals surface area contributed by atoms with Gasteiger partial charge in [-0.25, -0.2) is 9.37 Å². The van der Waals surface area contributed by atoms with Crippen molar-refractivity contribution < 1.29 is 13.9 Å². The number of carbonyl (C=O) groups is 1. The number of halogens is 3. The quantitative estimate of drug-likeness (QED) is 0.411. The van der Waals surface area contributed by atoms with Crippen molar-refractivity contribution in [3.63, 3.8) is 0 Å². The Morgan fingerprint density at radius 3 is 2.83 bits per heavy atom. The van der Waals surface area contributed by atoms with Gasteiger partial charge >= 0.3 is 0 Å². The van der Waals surface area contributed by atoms with E-state index in [1.807, 2.05) is 0 Å². The summed E-state index contributed by atoms with van der Waals surface area (Å²) in [5, 5.41) is 4.23. The topological polar surface area (TPSA) is 76.5 Å². The van der Waals surface area contributed by atoms with E-state index in [-0.39, 0.29) is 34.3 Å². The minimum absolute atomic E-state index is 0.0447. The molecule has 1 aromatic heterocycles. The molecule has 1 amide bonds. The summed E-state index contributed by atoms with van der Waals surface area (Å²) in [6, 6.07) is 6.51. The second-order valence-corrected chi connectivity index (χ2v) is 9.90. The summed E-state index contributed by atoms with van der Waals surface area (Å²) < 4.78 is 21.5. The number of methoxy groups -OCH3 is 1. The van der Waals surface area contributed by atoms with Crippen molar-refractivity contribution in [2.24, 2.45) is 0 Å². The fraction of sp³-hybridized carbons (Fsp3) is 0.346. The van der Waals surface area contributed by atoms with Gasteiger partial charge in [-0.05, 0) is 43.5 Å². The number of anilines is 2. The van der Waals surface area contributed by atoms with Crippen LogP contribution in [0, 0.1) is 5.82 Å². The van der Waals surface area contributed by atoms with Crippen LogP contribution < -0.4 is 10.9 Å². The van der Waals surface area contributed by atoms with Crippen LogP contribution in [0.2, 0.25) is 10.0 Å². The Morgan fingerprint density at radius 1 is 1.28 bits per heavy atom. The number of aromatic nitrogens is 2. The van der Waals surface area contributed by atoms with Crippen LogP contribution >= 0.6 is 23.2 Å². The van der Waals surface area contributed by atoms with Crippen molar-refractivity contribution in [2.45, 2.75) is 31.2 Å². The lowest BCUT2D eigenvalue weighted by Crippen LogP contribution is -2.26. The van der Waals surface area contributed by atoms with Gasteiger partial charge in [0.1, 0.15) is 5.52 Å². The minimum Gasteiger partial charge on any atom is -0.381 e. The third-order valence-electron chi connectivity index (χ3n) is 6.62. The number of hydrogen-bond acceptors (Lipinski definition) is 5. The lowest BCUT2D eigenvalue weighted by atomic mass is 9.96. The summed E-state index contributed by atoms with van der Waals surface area (Å²) >= 11 is 13.0. The van der Waals surface area contributed by atoms with Gasteiger partial charge in [-0.15, -0.1) is 0 Å². The molecule has 0 spiro atoms. The summed E-state index contributed by atoms with van der Waals surface area (Å²) in [6.07, 6.45) is 7.14. The molecule has 1 atom stereocenters. The standard InChI is InChI=1S/C26H25Cl2FN4O3/c1-36-10-2-3-22(34)32-9-8-15(13-32)23-21(7-6-19(27)24(23)28)31-16-11-18-25(20(29)12-16)30-14-33(26(18)35)17-4-5-17/h2-3,6-7,11-12,14-15,17,31H,4-5,8-10,13H2,1H3/b3-2+. The number of hydrogen-bond donors (Lipinski definition) is 1. The fourth-order valence-electron chi connectivity index (χ4n) is 4.67. The number of nitrogens with zero attached hydrogens (tertiary/aromatic N) is 3. The van der Waals surface area contributed by atoms with Gasteiger partial charge in [0.15, 0.2) is 5.82 Å². The molecular weight excluding hydrogens is 506 g/mol. The van der Waals surface area contributed by atoms with E-state index in [1.165, 1.54) is 18.5 Å². The number of rotatable bonds is 7. The van der Waals surface area contributed by atoms with Gasteiger partial charge in [0.2, 0.25) is 5.91 Å². The van der Waals surface area contributed by atoms with Crippen LogP contribution in [0.25, 0.3) is 10.9 Å². The predicted molar refractivity (Wildman–Crippen MR) is 139 cm³/mol. The molecule has 2 heterocycles. The van der Waals surface area contributed by atoms with Gasteiger partial charge in [-0.1, -0.05) is 29.3 Å². The van der Waals surface area contributed by atoms with Crippen LogP contribution in [-0.2, 0) is 9.53 Å². The van der Waals surface area contributed by atoms with Gasteiger partial charge in [-0.2, -0.15) is 0 Å². The number of ether oxygens (including phenoxy) is 1. The largest absolute Gasteiger partial charge is 0.381 e. The van der Waals surface area contributed by atoms with Crippen LogP contribution in [0.3, 0.4) is 0 Å². The smallest absolute Gasteiger partial charge is 0.261 e. The highest BCUT2D eigenvalue weighted by molar-refractivity contribution is 6.42. The molecule has 7 nitrogen and oxygen atoms in total. The predicted octanol–water partition coefficient (Wildman–Crippen LogP) is 5.44. The van der Waals surface area contributed by atoms with E-state index < -0.39 is 5.82 Å². The van der Waals surface area contributed by atoms with Crippen molar-refractivity contribution in [2.75, 3.05) is 32.1 Å². The normalized spacial score (nSPS) is 17.9. The average molecular weight is 531 g/mol. The summed E-state index contributed by atoms with van der Waals surface area (Å²) in [5.41, 5.74) is 1.58. The second-order valence-electron chi connectivity index (χ2n) is 9.12. The Kier molecular flexibility index (Phi) is 7.01. The number of nitrogens with one attached hydrogen (secondary N) is 1. The molecule has 0 bridgehead atoms. The molecule has 1 aliphatic heterocycles. The first kappa shape index (κ1) is 24.7. The molecular formula is C26H25Cl2FN4O3. The third kappa shape index (κ3) is 4.85. The average Bonchev–Trinajstić information content (AvgIpc) is 3.58. The van der Waals surface area contributed by atoms with Crippen molar-refractivity contribution in [1.29, 1.82) is 0 Å². The first-order valence-electron chi connectivity index (χ1n) is 11.8. The number of benzene rings is 2. The van der Waals surface area contributed by atoms with Crippen LogP contribution in [-0.4, -0.2) is 47.2 Å². The van der Waals surface area contributed by atoms with E-state index in [0.717, 1.165) is 18.4 Å². The highest BCUT2D eigenvalue weighted by atomic mass is 35.5. The van der Waals surface area contributed by atoms with E-state index in [0.29, 0.717) is 47.5 Å². The maximum Gasteiger partial charge on any atom is 0.261 e. The molecule has 36 heavy (non-hydrogen) atoms. The van der Waals surface area contributed by atoms with Crippen molar-refractivity contribution in [1.82, 2.24) is 14.5 Å². The Hall–Kier alpha value is -2.94. The Balaban J connectivity index is 1.46. The van der Waals surface area contributed by atoms with Crippen molar-refractivity contribution in [3.05, 3.63) is 74.5 Å². The molecule has 3 aromatic rings.